The predicted octanol–water partition coefficient (Wildman–Crippen LogP) is 3.03. The van der Waals surface area contributed by atoms with Crippen molar-refractivity contribution in [1.29, 1.82) is 0 Å². The lowest BCUT2D eigenvalue weighted by atomic mass is 10.0. The maximum atomic E-state index is 10.6. The summed E-state index contributed by atoms with van der Waals surface area (Å²) in [6.07, 6.45) is 0. The fourth-order valence-corrected chi connectivity index (χ4v) is 2.38. The van der Waals surface area contributed by atoms with Gasteiger partial charge in [-0.2, -0.15) is 0 Å². The summed E-state index contributed by atoms with van der Waals surface area (Å²) < 4.78 is 11.0. The minimum Gasteiger partial charge on any atom is -0.492 e. The van der Waals surface area contributed by atoms with E-state index in [0.29, 0.717) is 12.4 Å². The van der Waals surface area contributed by atoms with Gasteiger partial charge in [-0.25, -0.2) is 4.79 Å². The molecule has 2 N–H and O–H groups in total. The summed E-state index contributed by atoms with van der Waals surface area (Å²) in [5.41, 5.74) is 4.12. The quantitative estimate of drug-likeness (QED) is 0.729. The molecule has 0 aliphatic carbocycles. The topological polar surface area (TPSA) is 67.8 Å². The molecule has 0 fully saturated rings. The van der Waals surface area contributed by atoms with Gasteiger partial charge in [-0.15, -0.1) is 0 Å². The van der Waals surface area contributed by atoms with Gasteiger partial charge in [-0.1, -0.05) is 12.1 Å². The molecule has 0 amide bonds. The normalized spacial score (nSPS) is 10.5. The fraction of sp³-hybridized carbons (Fsp3) is 0.316. The van der Waals surface area contributed by atoms with Crippen molar-refractivity contribution >= 4 is 5.97 Å². The Morgan fingerprint density at radius 1 is 1.00 bits per heavy atom. The zero-order valence-electron chi connectivity index (χ0n) is 14.3. The van der Waals surface area contributed by atoms with Crippen molar-refractivity contribution in [3.8, 4) is 22.6 Å². The zero-order chi connectivity index (χ0) is 17.5. The molecule has 0 saturated heterocycles. The summed E-state index contributed by atoms with van der Waals surface area (Å²) in [7, 11) is 1.89. The Morgan fingerprint density at radius 3 is 2.00 bits per heavy atom. The number of aliphatic carboxylic acids is 1. The van der Waals surface area contributed by atoms with E-state index in [1.54, 1.807) is 6.07 Å². The second kappa shape index (κ2) is 8.36. The van der Waals surface area contributed by atoms with Crippen molar-refractivity contribution in [2.45, 2.75) is 13.8 Å². The van der Waals surface area contributed by atoms with Gasteiger partial charge in [0.25, 0.3) is 0 Å². The second-order valence-electron chi connectivity index (χ2n) is 5.59. The highest BCUT2D eigenvalue weighted by molar-refractivity contribution is 5.69. The molecule has 0 atom stereocenters. The average Bonchev–Trinajstić information content (AvgIpc) is 2.55. The first-order valence-electron chi connectivity index (χ1n) is 7.85. The Kier molecular flexibility index (Phi) is 6.21. The van der Waals surface area contributed by atoms with Crippen molar-refractivity contribution in [2.75, 3.05) is 26.8 Å². The highest BCUT2D eigenvalue weighted by Crippen LogP contribution is 2.29. The maximum absolute atomic E-state index is 10.6. The molecule has 24 heavy (non-hydrogen) atoms. The third kappa shape index (κ3) is 4.73. The van der Waals surface area contributed by atoms with Gasteiger partial charge < -0.3 is 19.9 Å². The number of ether oxygens (including phenoxy) is 2. The molecule has 0 heterocycles. The molecule has 0 unspecified atom stereocenters. The van der Waals surface area contributed by atoms with Crippen LogP contribution in [0.15, 0.2) is 36.4 Å². The lowest BCUT2D eigenvalue weighted by Gasteiger charge is -2.12. The van der Waals surface area contributed by atoms with Gasteiger partial charge in [0.15, 0.2) is 6.61 Å². The van der Waals surface area contributed by atoms with E-state index in [4.69, 9.17) is 14.6 Å². The van der Waals surface area contributed by atoms with Crippen molar-refractivity contribution in [3.05, 3.63) is 47.5 Å². The van der Waals surface area contributed by atoms with Crippen molar-refractivity contribution in [2.24, 2.45) is 0 Å². The number of hydrogen-bond acceptors (Lipinski definition) is 4. The number of benzene rings is 2. The van der Waals surface area contributed by atoms with Crippen LogP contribution in [0.2, 0.25) is 0 Å². The minimum absolute atomic E-state index is 0.335. The first-order chi connectivity index (χ1) is 11.5. The summed E-state index contributed by atoms with van der Waals surface area (Å²) >= 11 is 0. The molecule has 5 nitrogen and oxygen atoms in total. The van der Waals surface area contributed by atoms with Gasteiger partial charge in [0.05, 0.1) is 0 Å². The van der Waals surface area contributed by atoms with Crippen LogP contribution in [0.3, 0.4) is 0 Å². The Balaban J connectivity index is 2.15. The number of carboxylic acids is 1. The van der Waals surface area contributed by atoms with Crippen LogP contribution >= 0.6 is 0 Å². The summed E-state index contributed by atoms with van der Waals surface area (Å²) in [5.74, 6) is 0.486. The average molecular weight is 329 g/mol. The molecule has 0 aliphatic rings. The van der Waals surface area contributed by atoms with E-state index in [1.807, 2.05) is 45.2 Å². The van der Waals surface area contributed by atoms with E-state index < -0.39 is 5.97 Å². The molecule has 2 aromatic rings. The number of carbonyl (C=O) groups is 1. The number of carboxylic acid groups (broad SMARTS) is 1. The molecule has 0 aromatic heterocycles. The van der Waals surface area contributed by atoms with Crippen LogP contribution in [0.5, 0.6) is 11.5 Å². The molecule has 0 aliphatic heterocycles. The summed E-state index contributed by atoms with van der Waals surface area (Å²) in [6.45, 7) is 5.03. The Labute approximate surface area is 142 Å². The Hall–Kier alpha value is -2.53. The molecule has 5 heteroatoms. The van der Waals surface area contributed by atoms with Crippen LogP contribution < -0.4 is 14.8 Å². The van der Waals surface area contributed by atoms with Gasteiger partial charge in [0.1, 0.15) is 18.1 Å². The van der Waals surface area contributed by atoms with Crippen LogP contribution in [0.25, 0.3) is 11.1 Å². The van der Waals surface area contributed by atoms with E-state index in [9.17, 15) is 4.79 Å². The SMILES string of the molecule is CNCCOc1ccc(-c2ccc(OCC(=O)O)c(C)c2)cc1C. The fourth-order valence-electron chi connectivity index (χ4n) is 2.38. The maximum Gasteiger partial charge on any atom is 0.341 e. The van der Waals surface area contributed by atoms with E-state index in [1.165, 1.54) is 0 Å². The molecule has 0 radical (unpaired) electrons. The number of nitrogens with one attached hydrogen (secondary N) is 1. The van der Waals surface area contributed by atoms with Gasteiger partial charge in [-0.3, -0.25) is 0 Å². The highest BCUT2D eigenvalue weighted by atomic mass is 16.5. The zero-order valence-corrected chi connectivity index (χ0v) is 14.3. The van der Waals surface area contributed by atoms with Gasteiger partial charge in [0.2, 0.25) is 0 Å². The van der Waals surface area contributed by atoms with Crippen LogP contribution in [0.1, 0.15) is 11.1 Å². The molecule has 2 aromatic carbocycles. The monoisotopic (exact) mass is 329 g/mol. The summed E-state index contributed by atoms with van der Waals surface area (Å²) in [6, 6.07) is 11.8. The lowest BCUT2D eigenvalue weighted by Crippen LogP contribution is -2.16. The molecule has 2 rings (SSSR count). The molecule has 0 spiro atoms. The second-order valence-corrected chi connectivity index (χ2v) is 5.59. The first kappa shape index (κ1) is 17.8. The van der Waals surface area contributed by atoms with Crippen LogP contribution in [0.4, 0.5) is 0 Å². The largest absolute Gasteiger partial charge is 0.492 e. The van der Waals surface area contributed by atoms with Crippen LogP contribution in [-0.4, -0.2) is 37.9 Å². The van der Waals surface area contributed by atoms with E-state index in [-0.39, 0.29) is 6.61 Å². The first-order valence-corrected chi connectivity index (χ1v) is 7.85. The molecule has 0 bridgehead atoms. The summed E-state index contributed by atoms with van der Waals surface area (Å²) in [5, 5.41) is 11.7. The van der Waals surface area contributed by atoms with Gasteiger partial charge >= 0.3 is 5.97 Å². The number of likely N-dealkylation sites (N-methyl/N-ethyl adjacent to an activating group) is 1. The Bertz CT molecular complexity index is 713. The third-order valence-electron chi connectivity index (χ3n) is 3.64. The molecular formula is C19H23NO4. The molecule has 128 valence electrons. The van der Waals surface area contributed by atoms with Crippen molar-refractivity contribution < 1.29 is 19.4 Å². The minimum atomic E-state index is -0.983. The summed E-state index contributed by atoms with van der Waals surface area (Å²) in [4.78, 5) is 10.6. The standard InChI is InChI=1S/C19H23NO4/c1-13-10-15(4-6-17(13)23-9-8-20-3)16-5-7-18(14(2)11-16)24-12-19(21)22/h4-7,10-11,20H,8-9,12H2,1-3H3,(H,21,22). The third-order valence-corrected chi connectivity index (χ3v) is 3.64. The highest BCUT2D eigenvalue weighted by Gasteiger charge is 2.07. The lowest BCUT2D eigenvalue weighted by molar-refractivity contribution is -0.139. The predicted molar refractivity (Wildman–Crippen MR) is 93.9 cm³/mol. The number of rotatable bonds is 8. The van der Waals surface area contributed by atoms with Gasteiger partial charge in [-0.05, 0) is 67.4 Å². The number of hydrogen-bond donors (Lipinski definition) is 2. The van der Waals surface area contributed by atoms with Crippen molar-refractivity contribution in [1.82, 2.24) is 5.32 Å². The smallest absolute Gasteiger partial charge is 0.341 e. The molecule has 0 saturated carbocycles. The van der Waals surface area contributed by atoms with E-state index in [0.717, 1.165) is 34.5 Å². The van der Waals surface area contributed by atoms with Crippen molar-refractivity contribution in [3.63, 3.8) is 0 Å². The Morgan fingerprint density at radius 2 is 1.54 bits per heavy atom. The number of aryl methyl sites for hydroxylation is 2. The van der Waals surface area contributed by atoms with Crippen LogP contribution in [-0.2, 0) is 4.79 Å². The van der Waals surface area contributed by atoms with Crippen LogP contribution in [0, 0.1) is 13.8 Å². The molecular weight excluding hydrogens is 306 g/mol. The van der Waals surface area contributed by atoms with E-state index >= 15 is 0 Å². The van der Waals surface area contributed by atoms with E-state index in [2.05, 4.69) is 11.4 Å². The van der Waals surface area contributed by atoms with Gasteiger partial charge in [0, 0.05) is 6.54 Å².